The largest absolute Gasteiger partial charge is 0.338 e. The van der Waals surface area contributed by atoms with Crippen molar-refractivity contribution in [1.29, 1.82) is 0 Å². The Morgan fingerprint density at radius 3 is 2.82 bits per heavy atom. The molecule has 0 aliphatic carbocycles. The predicted octanol–water partition coefficient (Wildman–Crippen LogP) is 5.01. The molecular weight excluding hydrogens is 414 g/mol. The summed E-state index contributed by atoms with van der Waals surface area (Å²) in [6.07, 6.45) is 3.47. The summed E-state index contributed by atoms with van der Waals surface area (Å²) >= 11 is 7.57. The molecule has 5 rings (SSSR count). The minimum absolute atomic E-state index is 0.187. The number of thiophene rings is 1. The van der Waals surface area contributed by atoms with E-state index < -0.39 is 11.0 Å². The van der Waals surface area contributed by atoms with Crippen LogP contribution in [0.1, 0.15) is 0 Å². The average molecular weight is 426 g/mol. The van der Waals surface area contributed by atoms with Gasteiger partial charge < -0.3 is 5.32 Å². The van der Waals surface area contributed by atoms with Crippen molar-refractivity contribution in [3.8, 4) is 0 Å². The number of halogens is 1. The molecule has 0 saturated carbocycles. The number of hydrogen-bond donors (Lipinski definition) is 1. The molecule has 138 valence electrons. The Labute approximate surface area is 171 Å². The van der Waals surface area contributed by atoms with Gasteiger partial charge in [-0.15, -0.1) is 11.3 Å². The summed E-state index contributed by atoms with van der Waals surface area (Å²) in [5.41, 5.74) is 2.21. The molecule has 1 aromatic carbocycles. The number of fused-ring (bicyclic) bond motifs is 2. The second-order valence-corrected chi connectivity index (χ2v) is 8.56. The van der Waals surface area contributed by atoms with E-state index in [1.165, 1.54) is 0 Å². The Morgan fingerprint density at radius 1 is 1.11 bits per heavy atom. The van der Waals surface area contributed by atoms with Crippen molar-refractivity contribution in [3.05, 3.63) is 71.6 Å². The van der Waals surface area contributed by atoms with Gasteiger partial charge >= 0.3 is 0 Å². The van der Waals surface area contributed by atoms with Crippen LogP contribution in [0.15, 0.2) is 71.2 Å². The van der Waals surface area contributed by atoms with E-state index >= 15 is 0 Å². The maximum Gasteiger partial charge on any atom is 0.224 e. The molecule has 1 atom stereocenters. The predicted molar refractivity (Wildman–Crippen MR) is 114 cm³/mol. The lowest BCUT2D eigenvalue weighted by atomic mass is 10.3. The highest BCUT2D eigenvalue weighted by molar-refractivity contribution is 7.83. The van der Waals surface area contributed by atoms with Crippen LogP contribution in [0.2, 0.25) is 5.28 Å². The zero-order chi connectivity index (χ0) is 19.1. The quantitative estimate of drug-likeness (QED) is 0.410. The SMILES string of the molecule is O=S(c1ccccc1)n1ccc2cc(Nc3nc(Cl)nc4ccsc34)cnc21. The normalized spacial score (nSPS) is 12.5. The highest BCUT2D eigenvalue weighted by Gasteiger charge is 2.13. The molecule has 0 fully saturated rings. The van der Waals surface area contributed by atoms with Gasteiger partial charge in [0.15, 0.2) is 22.5 Å². The van der Waals surface area contributed by atoms with Gasteiger partial charge in [-0.05, 0) is 47.3 Å². The van der Waals surface area contributed by atoms with Crippen LogP contribution in [0.5, 0.6) is 0 Å². The van der Waals surface area contributed by atoms with Crippen molar-refractivity contribution in [2.75, 3.05) is 5.32 Å². The Morgan fingerprint density at radius 2 is 1.96 bits per heavy atom. The van der Waals surface area contributed by atoms with Crippen LogP contribution in [0.3, 0.4) is 0 Å². The van der Waals surface area contributed by atoms with E-state index in [1.807, 2.05) is 53.9 Å². The molecular formula is C19H12ClN5OS2. The molecule has 0 radical (unpaired) electrons. The smallest absolute Gasteiger partial charge is 0.224 e. The van der Waals surface area contributed by atoms with Crippen LogP contribution < -0.4 is 5.32 Å². The number of benzene rings is 1. The van der Waals surface area contributed by atoms with E-state index in [4.69, 9.17) is 11.6 Å². The van der Waals surface area contributed by atoms with Crippen molar-refractivity contribution in [3.63, 3.8) is 0 Å². The van der Waals surface area contributed by atoms with Crippen molar-refractivity contribution >= 4 is 66.7 Å². The summed E-state index contributed by atoms with van der Waals surface area (Å²) in [5.74, 6) is 0.637. The lowest BCUT2D eigenvalue weighted by Crippen LogP contribution is -2.04. The summed E-state index contributed by atoms with van der Waals surface area (Å²) in [5, 5.41) is 6.27. The van der Waals surface area contributed by atoms with E-state index in [-0.39, 0.29) is 5.28 Å². The third-order valence-corrected chi connectivity index (χ3v) is 6.56. The molecule has 1 N–H and O–H groups in total. The first-order valence-electron chi connectivity index (χ1n) is 8.31. The number of nitrogens with one attached hydrogen (secondary N) is 1. The monoisotopic (exact) mass is 425 g/mol. The molecule has 9 heteroatoms. The summed E-state index contributed by atoms with van der Waals surface area (Å²) in [6.45, 7) is 0. The summed E-state index contributed by atoms with van der Waals surface area (Å²) in [4.78, 5) is 13.7. The molecule has 0 spiro atoms. The molecule has 0 aliphatic heterocycles. The second-order valence-electron chi connectivity index (χ2n) is 5.94. The second kappa shape index (κ2) is 6.97. The van der Waals surface area contributed by atoms with E-state index in [0.29, 0.717) is 11.5 Å². The maximum atomic E-state index is 12.8. The number of pyridine rings is 1. The summed E-state index contributed by atoms with van der Waals surface area (Å²) in [7, 11) is -1.35. The zero-order valence-electron chi connectivity index (χ0n) is 14.2. The van der Waals surface area contributed by atoms with E-state index in [2.05, 4.69) is 20.3 Å². The first-order chi connectivity index (χ1) is 13.7. The highest BCUT2D eigenvalue weighted by Crippen LogP contribution is 2.30. The van der Waals surface area contributed by atoms with Gasteiger partial charge in [0.25, 0.3) is 0 Å². The van der Waals surface area contributed by atoms with Gasteiger partial charge in [-0.2, -0.15) is 4.98 Å². The van der Waals surface area contributed by atoms with Crippen molar-refractivity contribution < 1.29 is 4.21 Å². The third kappa shape index (κ3) is 3.05. The highest BCUT2D eigenvalue weighted by atomic mass is 35.5. The van der Waals surface area contributed by atoms with Crippen LogP contribution in [0.4, 0.5) is 11.5 Å². The number of anilines is 2. The standard InChI is InChI=1S/C19H12ClN5OS2/c20-19-23-15-7-9-27-16(15)17(24-19)22-13-10-12-6-8-25(18(12)21-11-13)28(26)14-4-2-1-3-5-14/h1-11H,(H,22,23,24). The van der Waals surface area contributed by atoms with Gasteiger partial charge in [0, 0.05) is 11.6 Å². The Bertz CT molecular complexity index is 1330. The van der Waals surface area contributed by atoms with Crippen LogP contribution >= 0.6 is 22.9 Å². The van der Waals surface area contributed by atoms with Gasteiger partial charge in [0.2, 0.25) is 5.28 Å². The van der Waals surface area contributed by atoms with Gasteiger partial charge in [-0.3, -0.25) is 0 Å². The molecule has 5 aromatic rings. The van der Waals surface area contributed by atoms with Crippen molar-refractivity contribution in [2.45, 2.75) is 4.90 Å². The fourth-order valence-electron chi connectivity index (χ4n) is 2.91. The molecule has 0 amide bonds. The molecule has 4 aromatic heterocycles. The number of aromatic nitrogens is 4. The minimum Gasteiger partial charge on any atom is -0.338 e. The third-order valence-electron chi connectivity index (χ3n) is 4.16. The van der Waals surface area contributed by atoms with Crippen LogP contribution in [-0.2, 0) is 11.0 Å². The van der Waals surface area contributed by atoms with Gasteiger partial charge in [-0.1, -0.05) is 18.2 Å². The van der Waals surface area contributed by atoms with Gasteiger partial charge in [0.05, 0.1) is 27.0 Å². The van der Waals surface area contributed by atoms with Gasteiger partial charge in [-0.25, -0.2) is 18.1 Å². The number of hydrogen-bond acceptors (Lipinski definition) is 6. The zero-order valence-corrected chi connectivity index (χ0v) is 16.6. The molecule has 0 bridgehead atoms. The minimum atomic E-state index is -1.35. The molecule has 4 heterocycles. The summed E-state index contributed by atoms with van der Waals surface area (Å²) < 4.78 is 15.4. The maximum absolute atomic E-state index is 12.8. The summed E-state index contributed by atoms with van der Waals surface area (Å²) in [6, 6.07) is 15.0. The lowest BCUT2D eigenvalue weighted by molar-refractivity contribution is 0.678. The first-order valence-corrected chi connectivity index (χ1v) is 10.7. The van der Waals surface area contributed by atoms with Crippen molar-refractivity contribution in [2.24, 2.45) is 0 Å². The molecule has 0 aliphatic rings. The van der Waals surface area contributed by atoms with Crippen LogP contribution in [0.25, 0.3) is 21.3 Å². The van der Waals surface area contributed by atoms with Gasteiger partial charge in [0.1, 0.15) is 0 Å². The van der Waals surface area contributed by atoms with Crippen LogP contribution in [0, 0.1) is 0 Å². The number of nitrogens with zero attached hydrogens (tertiary/aromatic N) is 4. The Balaban J connectivity index is 1.51. The Kier molecular flexibility index (Phi) is 4.31. The van der Waals surface area contributed by atoms with E-state index in [0.717, 1.165) is 26.2 Å². The fourth-order valence-corrected chi connectivity index (χ4v) is 4.96. The van der Waals surface area contributed by atoms with E-state index in [9.17, 15) is 4.21 Å². The fraction of sp³-hybridized carbons (Fsp3) is 0. The molecule has 6 nitrogen and oxygen atoms in total. The van der Waals surface area contributed by atoms with Crippen molar-refractivity contribution in [1.82, 2.24) is 18.9 Å². The molecule has 0 saturated heterocycles. The lowest BCUT2D eigenvalue weighted by Gasteiger charge is -2.08. The molecule has 1 unspecified atom stereocenters. The van der Waals surface area contributed by atoms with Crippen LogP contribution in [-0.4, -0.2) is 23.1 Å². The topological polar surface area (TPSA) is 72.7 Å². The molecule has 28 heavy (non-hydrogen) atoms. The number of rotatable bonds is 4. The Hall–Kier alpha value is -2.81. The van der Waals surface area contributed by atoms with E-state index in [1.54, 1.807) is 27.7 Å². The first kappa shape index (κ1) is 17.3. The average Bonchev–Trinajstić information content (AvgIpc) is 3.34.